The molecule has 118 valence electrons. The predicted molar refractivity (Wildman–Crippen MR) is 89.7 cm³/mol. The van der Waals surface area contributed by atoms with Gasteiger partial charge in [-0.2, -0.15) is 0 Å². The molecule has 1 N–H and O–H groups in total. The van der Waals surface area contributed by atoms with Crippen LogP contribution in [0, 0.1) is 11.3 Å². The van der Waals surface area contributed by atoms with E-state index in [4.69, 9.17) is 9.97 Å². The SMILES string of the molecule is CCNc1cc(CC)nc(C2CCC(C(C)(C)C)CC2)n1. The second-order valence-electron chi connectivity index (χ2n) is 7.40. The molecular formula is C18H31N3. The first-order valence-electron chi connectivity index (χ1n) is 8.55. The highest BCUT2D eigenvalue weighted by Gasteiger charge is 2.31. The van der Waals surface area contributed by atoms with E-state index in [9.17, 15) is 0 Å². The molecular weight excluding hydrogens is 258 g/mol. The maximum atomic E-state index is 4.79. The lowest BCUT2D eigenvalue weighted by molar-refractivity contribution is 0.167. The smallest absolute Gasteiger partial charge is 0.134 e. The zero-order chi connectivity index (χ0) is 15.5. The highest BCUT2D eigenvalue weighted by molar-refractivity contribution is 5.36. The molecule has 0 unspecified atom stereocenters. The van der Waals surface area contributed by atoms with Gasteiger partial charge in [-0.15, -0.1) is 0 Å². The molecule has 1 aliphatic rings. The van der Waals surface area contributed by atoms with Crippen LogP contribution < -0.4 is 5.32 Å². The summed E-state index contributed by atoms with van der Waals surface area (Å²) in [4.78, 5) is 9.55. The number of hydrogen-bond acceptors (Lipinski definition) is 3. The fourth-order valence-corrected chi connectivity index (χ4v) is 3.37. The van der Waals surface area contributed by atoms with Crippen molar-refractivity contribution < 1.29 is 0 Å². The summed E-state index contributed by atoms with van der Waals surface area (Å²) in [7, 11) is 0. The van der Waals surface area contributed by atoms with E-state index >= 15 is 0 Å². The van der Waals surface area contributed by atoms with Gasteiger partial charge in [-0.25, -0.2) is 9.97 Å². The van der Waals surface area contributed by atoms with E-state index in [2.05, 4.69) is 46.0 Å². The summed E-state index contributed by atoms with van der Waals surface area (Å²) in [5.74, 6) is 3.46. The Labute approximate surface area is 130 Å². The summed E-state index contributed by atoms with van der Waals surface area (Å²) in [6.07, 6.45) is 6.07. The monoisotopic (exact) mass is 289 g/mol. The summed E-state index contributed by atoms with van der Waals surface area (Å²) in [6.45, 7) is 12.3. The van der Waals surface area contributed by atoms with Gasteiger partial charge >= 0.3 is 0 Å². The normalized spacial score (nSPS) is 23.1. The van der Waals surface area contributed by atoms with Crippen LogP contribution in [0.1, 0.15) is 77.7 Å². The molecule has 0 spiro atoms. The van der Waals surface area contributed by atoms with Crippen LogP contribution in [0.3, 0.4) is 0 Å². The molecule has 1 heterocycles. The first-order valence-corrected chi connectivity index (χ1v) is 8.55. The Morgan fingerprint density at radius 2 is 1.76 bits per heavy atom. The van der Waals surface area contributed by atoms with Crippen LogP contribution >= 0.6 is 0 Å². The van der Waals surface area contributed by atoms with E-state index in [0.717, 1.165) is 36.2 Å². The van der Waals surface area contributed by atoms with Gasteiger partial charge in [0, 0.05) is 24.2 Å². The van der Waals surface area contributed by atoms with Crippen molar-refractivity contribution in [2.45, 2.75) is 72.6 Å². The molecule has 0 aromatic carbocycles. The second kappa shape index (κ2) is 6.76. The molecule has 1 fully saturated rings. The third-order valence-corrected chi connectivity index (χ3v) is 4.83. The Balaban J connectivity index is 2.10. The summed E-state index contributed by atoms with van der Waals surface area (Å²) in [6, 6.07) is 2.09. The first kappa shape index (κ1) is 16.3. The van der Waals surface area contributed by atoms with Crippen LogP contribution in [0.15, 0.2) is 6.07 Å². The molecule has 0 bridgehead atoms. The average molecular weight is 289 g/mol. The van der Waals surface area contributed by atoms with Gasteiger partial charge in [-0.05, 0) is 50.4 Å². The maximum absolute atomic E-state index is 4.79. The summed E-state index contributed by atoms with van der Waals surface area (Å²) in [5.41, 5.74) is 1.60. The van der Waals surface area contributed by atoms with Crippen molar-refractivity contribution >= 4 is 5.82 Å². The van der Waals surface area contributed by atoms with E-state index in [1.807, 2.05) is 0 Å². The fraction of sp³-hybridized carbons (Fsp3) is 0.778. The minimum absolute atomic E-state index is 0.437. The number of hydrogen-bond donors (Lipinski definition) is 1. The van der Waals surface area contributed by atoms with E-state index in [-0.39, 0.29) is 0 Å². The summed E-state index contributed by atoms with van der Waals surface area (Å²) < 4.78 is 0. The van der Waals surface area contributed by atoms with Gasteiger partial charge in [-0.1, -0.05) is 27.7 Å². The van der Waals surface area contributed by atoms with Crippen LogP contribution in [0.25, 0.3) is 0 Å². The van der Waals surface area contributed by atoms with Gasteiger partial charge < -0.3 is 5.32 Å². The molecule has 0 aliphatic heterocycles. The third-order valence-electron chi connectivity index (χ3n) is 4.83. The number of anilines is 1. The topological polar surface area (TPSA) is 37.8 Å². The Bertz CT molecular complexity index is 454. The van der Waals surface area contributed by atoms with Crippen molar-refractivity contribution in [1.82, 2.24) is 9.97 Å². The Kier molecular flexibility index (Phi) is 5.23. The summed E-state index contributed by atoms with van der Waals surface area (Å²) in [5, 5.41) is 3.34. The lowest BCUT2D eigenvalue weighted by Crippen LogP contribution is -2.26. The fourth-order valence-electron chi connectivity index (χ4n) is 3.37. The predicted octanol–water partition coefficient (Wildman–Crippen LogP) is 4.79. The van der Waals surface area contributed by atoms with E-state index in [1.54, 1.807) is 0 Å². The van der Waals surface area contributed by atoms with Gasteiger partial charge in [0.2, 0.25) is 0 Å². The van der Waals surface area contributed by atoms with Crippen molar-refractivity contribution in [3.05, 3.63) is 17.6 Å². The van der Waals surface area contributed by atoms with Gasteiger partial charge in [0.1, 0.15) is 11.6 Å². The van der Waals surface area contributed by atoms with Crippen molar-refractivity contribution in [3.63, 3.8) is 0 Å². The van der Waals surface area contributed by atoms with Gasteiger partial charge in [0.15, 0.2) is 0 Å². The molecule has 3 nitrogen and oxygen atoms in total. The quantitative estimate of drug-likeness (QED) is 0.866. The van der Waals surface area contributed by atoms with Crippen LogP contribution in [0.5, 0.6) is 0 Å². The maximum Gasteiger partial charge on any atom is 0.134 e. The lowest BCUT2D eigenvalue weighted by atomic mass is 9.69. The van der Waals surface area contributed by atoms with Crippen molar-refractivity contribution in [3.8, 4) is 0 Å². The number of aromatic nitrogens is 2. The van der Waals surface area contributed by atoms with Crippen LogP contribution in [-0.4, -0.2) is 16.5 Å². The molecule has 21 heavy (non-hydrogen) atoms. The highest BCUT2D eigenvalue weighted by Crippen LogP contribution is 2.42. The molecule has 1 aromatic heterocycles. The molecule has 0 amide bonds. The van der Waals surface area contributed by atoms with Gasteiger partial charge in [-0.3, -0.25) is 0 Å². The Morgan fingerprint density at radius 3 is 2.29 bits per heavy atom. The molecule has 0 atom stereocenters. The molecule has 1 saturated carbocycles. The average Bonchev–Trinajstić information content (AvgIpc) is 2.46. The van der Waals surface area contributed by atoms with Crippen molar-refractivity contribution in [1.29, 1.82) is 0 Å². The van der Waals surface area contributed by atoms with Crippen LogP contribution in [-0.2, 0) is 6.42 Å². The number of nitrogens with one attached hydrogen (secondary N) is 1. The number of nitrogens with zero attached hydrogens (tertiary/aromatic N) is 2. The largest absolute Gasteiger partial charge is 0.370 e. The van der Waals surface area contributed by atoms with Crippen LogP contribution in [0.4, 0.5) is 5.82 Å². The summed E-state index contributed by atoms with van der Waals surface area (Å²) >= 11 is 0. The van der Waals surface area contributed by atoms with Gasteiger partial charge in [0.05, 0.1) is 0 Å². The Hall–Kier alpha value is -1.12. The van der Waals surface area contributed by atoms with Crippen LogP contribution in [0.2, 0.25) is 0 Å². The van der Waals surface area contributed by atoms with Gasteiger partial charge in [0.25, 0.3) is 0 Å². The Morgan fingerprint density at radius 1 is 1.10 bits per heavy atom. The minimum atomic E-state index is 0.437. The molecule has 3 heteroatoms. The second-order valence-corrected chi connectivity index (χ2v) is 7.40. The minimum Gasteiger partial charge on any atom is -0.370 e. The molecule has 1 aromatic rings. The first-order chi connectivity index (χ1) is 9.94. The van der Waals surface area contributed by atoms with E-state index in [0.29, 0.717) is 11.3 Å². The number of rotatable bonds is 4. The molecule has 0 saturated heterocycles. The van der Waals surface area contributed by atoms with E-state index in [1.165, 1.54) is 25.7 Å². The molecule has 1 aliphatic carbocycles. The lowest BCUT2D eigenvalue weighted by Gasteiger charge is -2.36. The van der Waals surface area contributed by atoms with E-state index < -0.39 is 0 Å². The third kappa shape index (κ3) is 4.18. The standard InChI is InChI=1S/C18H31N3/c1-6-15-12-16(19-7-2)21-17(20-15)13-8-10-14(11-9-13)18(3,4)5/h12-14H,6-11H2,1-5H3,(H,19,20,21). The molecule has 2 rings (SSSR count). The number of aryl methyl sites for hydroxylation is 1. The molecule has 0 radical (unpaired) electrons. The highest BCUT2D eigenvalue weighted by atomic mass is 15.0. The zero-order valence-corrected chi connectivity index (χ0v) is 14.4. The zero-order valence-electron chi connectivity index (χ0n) is 14.4. The van der Waals surface area contributed by atoms with Crippen molar-refractivity contribution in [2.75, 3.05) is 11.9 Å². The van der Waals surface area contributed by atoms with Crippen molar-refractivity contribution in [2.24, 2.45) is 11.3 Å².